The average molecular weight is 253 g/mol. The molecule has 0 radical (unpaired) electrons. The maximum Gasteiger partial charge on any atom is 0.0124 e. The van der Waals surface area contributed by atoms with Crippen LogP contribution in [0.25, 0.3) is 0 Å². The van der Waals surface area contributed by atoms with Crippen LogP contribution >= 0.6 is 0 Å². The molecule has 0 spiro atoms. The largest absolute Gasteiger partial charge is 0.314 e. The van der Waals surface area contributed by atoms with Crippen molar-refractivity contribution in [3.8, 4) is 0 Å². The Morgan fingerprint density at radius 2 is 1.83 bits per heavy atom. The van der Waals surface area contributed by atoms with Gasteiger partial charge in [-0.1, -0.05) is 12.8 Å². The number of nitrogens with zero attached hydrogens (tertiary/aromatic N) is 2. The van der Waals surface area contributed by atoms with Gasteiger partial charge < -0.3 is 10.2 Å². The lowest BCUT2D eigenvalue weighted by molar-refractivity contribution is 0.191. The zero-order valence-electron chi connectivity index (χ0n) is 12.3. The molecular formula is C15H31N3. The van der Waals surface area contributed by atoms with Gasteiger partial charge in [-0.3, -0.25) is 4.90 Å². The summed E-state index contributed by atoms with van der Waals surface area (Å²) >= 11 is 0. The van der Waals surface area contributed by atoms with Crippen LogP contribution in [0.2, 0.25) is 0 Å². The maximum absolute atomic E-state index is 3.57. The molecule has 1 unspecified atom stereocenters. The molecule has 2 aliphatic rings. The Labute approximate surface area is 113 Å². The molecule has 1 atom stereocenters. The van der Waals surface area contributed by atoms with Crippen LogP contribution in [0.3, 0.4) is 0 Å². The number of rotatable bonds is 7. The van der Waals surface area contributed by atoms with E-state index in [2.05, 4.69) is 29.2 Å². The van der Waals surface area contributed by atoms with Gasteiger partial charge in [0.2, 0.25) is 0 Å². The summed E-state index contributed by atoms with van der Waals surface area (Å²) in [6.45, 7) is 6.03. The van der Waals surface area contributed by atoms with Crippen LogP contribution in [0.15, 0.2) is 0 Å². The van der Waals surface area contributed by atoms with Gasteiger partial charge in [0.05, 0.1) is 0 Å². The monoisotopic (exact) mass is 253 g/mol. The predicted octanol–water partition coefficient (Wildman–Crippen LogP) is 1.79. The third-order valence-corrected chi connectivity index (χ3v) is 4.67. The van der Waals surface area contributed by atoms with Crippen LogP contribution in [0.5, 0.6) is 0 Å². The second-order valence-electron chi connectivity index (χ2n) is 6.34. The summed E-state index contributed by atoms with van der Waals surface area (Å²) in [5.74, 6) is 1.02. The lowest BCUT2D eigenvalue weighted by atomic mass is 9.96. The molecule has 1 heterocycles. The van der Waals surface area contributed by atoms with Crippen molar-refractivity contribution < 1.29 is 0 Å². The van der Waals surface area contributed by atoms with E-state index in [1.807, 2.05) is 0 Å². The molecule has 106 valence electrons. The van der Waals surface area contributed by atoms with E-state index in [0.29, 0.717) is 0 Å². The minimum atomic E-state index is 0.920. The minimum Gasteiger partial charge on any atom is -0.314 e. The first-order valence-corrected chi connectivity index (χ1v) is 7.87. The summed E-state index contributed by atoms with van der Waals surface area (Å²) < 4.78 is 0. The summed E-state index contributed by atoms with van der Waals surface area (Å²) in [6.07, 6.45) is 8.85. The van der Waals surface area contributed by atoms with Crippen molar-refractivity contribution in [2.24, 2.45) is 5.92 Å². The molecule has 1 aliphatic heterocycles. The zero-order chi connectivity index (χ0) is 12.8. The standard InChI is InChI=1S/C15H31N3/c1-17(2)12-9-16-10-13-18-11-5-8-15(18)14-6-3-4-7-14/h14-16H,3-13H2,1-2H3. The van der Waals surface area contributed by atoms with Crippen molar-refractivity contribution in [2.75, 3.05) is 46.8 Å². The van der Waals surface area contributed by atoms with Gasteiger partial charge in [0.15, 0.2) is 0 Å². The van der Waals surface area contributed by atoms with Crippen molar-refractivity contribution >= 4 is 0 Å². The molecule has 18 heavy (non-hydrogen) atoms. The van der Waals surface area contributed by atoms with Gasteiger partial charge in [0.1, 0.15) is 0 Å². The molecule has 3 heteroatoms. The predicted molar refractivity (Wildman–Crippen MR) is 78.0 cm³/mol. The van der Waals surface area contributed by atoms with E-state index in [9.17, 15) is 0 Å². The second kappa shape index (κ2) is 7.46. The number of likely N-dealkylation sites (tertiary alicyclic amines) is 1. The molecule has 0 bridgehead atoms. The highest BCUT2D eigenvalue weighted by Gasteiger charge is 2.32. The summed E-state index contributed by atoms with van der Waals surface area (Å²) in [4.78, 5) is 5.00. The Balaban J connectivity index is 1.62. The van der Waals surface area contributed by atoms with Crippen LogP contribution < -0.4 is 5.32 Å². The average Bonchev–Trinajstić information content (AvgIpc) is 2.97. The van der Waals surface area contributed by atoms with Gasteiger partial charge >= 0.3 is 0 Å². The fourth-order valence-electron chi connectivity index (χ4n) is 3.66. The summed E-state index contributed by atoms with van der Waals surface area (Å²) in [5, 5.41) is 3.57. The van der Waals surface area contributed by atoms with Gasteiger partial charge in [-0.05, 0) is 52.2 Å². The molecule has 1 aliphatic carbocycles. The molecular weight excluding hydrogens is 222 g/mol. The number of hydrogen-bond acceptors (Lipinski definition) is 3. The second-order valence-corrected chi connectivity index (χ2v) is 6.34. The minimum absolute atomic E-state index is 0.920. The molecule has 3 nitrogen and oxygen atoms in total. The smallest absolute Gasteiger partial charge is 0.0124 e. The number of nitrogens with one attached hydrogen (secondary N) is 1. The van der Waals surface area contributed by atoms with E-state index in [-0.39, 0.29) is 0 Å². The quantitative estimate of drug-likeness (QED) is 0.698. The van der Waals surface area contributed by atoms with Gasteiger partial charge in [-0.25, -0.2) is 0 Å². The van der Waals surface area contributed by atoms with E-state index < -0.39 is 0 Å². The Morgan fingerprint density at radius 3 is 2.56 bits per heavy atom. The van der Waals surface area contributed by atoms with Crippen LogP contribution in [-0.4, -0.2) is 62.7 Å². The zero-order valence-corrected chi connectivity index (χ0v) is 12.3. The van der Waals surface area contributed by atoms with E-state index >= 15 is 0 Å². The molecule has 0 aromatic rings. The maximum atomic E-state index is 3.57. The van der Waals surface area contributed by atoms with Crippen LogP contribution in [0, 0.1) is 5.92 Å². The first-order valence-electron chi connectivity index (χ1n) is 7.87. The van der Waals surface area contributed by atoms with Crippen molar-refractivity contribution in [1.29, 1.82) is 0 Å². The summed E-state index contributed by atoms with van der Waals surface area (Å²) in [6, 6.07) is 0.920. The normalized spacial score (nSPS) is 26.5. The molecule has 1 saturated heterocycles. The third kappa shape index (κ3) is 4.22. The molecule has 0 aromatic heterocycles. The Bertz CT molecular complexity index is 224. The SMILES string of the molecule is CN(C)CCNCCN1CCCC1C1CCCC1. The molecule has 2 rings (SSSR count). The van der Waals surface area contributed by atoms with Crippen molar-refractivity contribution in [3.05, 3.63) is 0 Å². The molecule has 0 aromatic carbocycles. The van der Waals surface area contributed by atoms with E-state index in [0.717, 1.165) is 31.6 Å². The first-order chi connectivity index (χ1) is 8.77. The summed E-state index contributed by atoms with van der Waals surface area (Å²) in [5.41, 5.74) is 0. The highest BCUT2D eigenvalue weighted by atomic mass is 15.2. The van der Waals surface area contributed by atoms with Gasteiger partial charge in [0.25, 0.3) is 0 Å². The molecule has 1 N–H and O–H groups in total. The van der Waals surface area contributed by atoms with E-state index in [1.165, 1.54) is 51.6 Å². The number of hydrogen-bond donors (Lipinski definition) is 1. The van der Waals surface area contributed by atoms with E-state index in [4.69, 9.17) is 0 Å². The van der Waals surface area contributed by atoms with Crippen molar-refractivity contribution in [3.63, 3.8) is 0 Å². The van der Waals surface area contributed by atoms with Gasteiger partial charge in [0, 0.05) is 32.2 Å². The Kier molecular flexibility index (Phi) is 5.93. The highest BCUT2D eigenvalue weighted by molar-refractivity contribution is 4.87. The van der Waals surface area contributed by atoms with Gasteiger partial charge in [-0.2, -0.15) is 0 Å². The lowest BCUT2D eigenvalue weighted by Crippen LogP contribution is -2.40. The topological polar surface area (TPSA) is 18.5 Å². The van der Waals surface area contributed by atoms with Crippen LogP contribution in [-0.2, 0) is 0 Å². The highest BCUT2D eigenvalue weighted by Crippen LogP contribution is 2.34. The van der Waals surface area contributed by atoms with Crippen LogP contribution in [0.1, 0.15) is 38.5 Å². The van der Waals surface area contributed by atoms with Crippen molar-refractivity contribution in [2.45, 2.75) is 44.6 Å². The number of likely N-dealkylation sites (N-methyl/N-ethyl adjacent to an activating group) is 1. The lowest BCUT2D eigenvalue weighted by Gasteiger charge is -2.29. The van der Waals surface area contributed by atoms with Crippen molar-refractivity contribution in [1.82, 2.24) is 15.1 Å². The fraction of sp³-hybridized carbons (Fsp3) is 1.00. The van der Waals surface area contributed by atoms with Gasteiger partial charge in [-0.15, -0.1) is 0 Å². The van der Waals surface area contributed by atoms with Crippen LogP contribution in [0.4, 0.5) is 0 Å². The third-order valence-electron chi connectivity index (χ3n) is 4.67. The Morgan fingerprint density at radius 1 is 1.06 bits per heavy atom. The summed E-state index contributed by atoms with van der Waals surface area (Å²) in [7, 11) is 4.27. The first kappa shape index (κ1) is 14.3. The molecule has 1 saturated carbocycles. The van der Waals surface area contributed by atoms with E-state index in [1.54, 1.807) is 0 Å². The Hall–Kier alpha value is -0.120. The fourth-order valence-corrected chi connectivity index (χ4v) is 3.66. The molecule has 2 fully saturated rings. The molecule has 0 amide bonds.